The molecule has 2 N–H and O–H groups in total. The van der Waals surface area contributed by atoms with E-state index in [1.165, 1.54) is 25.7 Å². The Labute approximate surface area is 169 Å². The van der Waals surface area contributed by atoms with E-state index in [1.807, 2.05) is 17.0 Å². The summed E-state index contributed by atoms with van der Waals surface area (Å²) in [6.07, 6.45) is 12.4. The molecule has 2 aliphatic rings. The molecular weight excluding hydrogens is 392 g/mol. The van der Waals surface area contributed by atoms with Crippen molar-refractivity contribution in [1.29, 1.82) is 0 Å². The van der Waals surface area contributed by atoms with E-state index < -0.39 is 0 Å². The molecule has 10 heteroatoms. The average Bonchev–Trinajstić information content (AvgIpc) is 3.48. The number of hydrogen-bond acceptors (Lipinski definition) is 8. The van der Waals surface area contributed by atoms with Crippen LogP contribution in [0.15, 0.2) is 24.9 Å². The van der Waals surface area contributed by atoms with Crippen molar-refractivity contribution < 1.29 is 0 Å². The third kappa shape index (κ3) is 2.75. The second-order valence-electron chi connectivity index (χ2n) is 7.63. The van der Waals surface area contributed by atoms with Crippen molar-refractivity contribution in [1.82, 2.24) is 35.0 Å². The Bertz CT molecular complexity index is 1070. The fraction of sp³-hybridized carbons (Fsp3) is 0.444. The molecule has 2 saturated heterocycles. The van der Waals surface area contributed by atoms with E-state index in [0.29, 0.717) is 18.1 Å². The number of rotatable bonds is 4. The lowest BCUT2D eigenvalue weighted by molar-refractivity contribution is 0.354. The predicted molar refractivity (Wildman–Crippen MR) is 111 cm³/mol. The molecule has 0 aromatic carbocycles. The first-order valence-electron chi connectivity index (χ1n) is 9.53. The van der Waals surface area contributed by atoms with E-state index in [4.69, 9.17) is 9.97 Å². The summed E-state index contributed by atoms with van der Waals surface area (Å²) in [7, 11) is 2.19. The van der Waals surface area contributed by atoms with E-state index in [9.17, 15) is 0 Å². The first-order chi connectivity index (χ1) is 13.7. The van der Waals surface area contributed by atoms with Gasteiger partial charge in [0.1, 0.15) is 6.33 Å². The van der Waals surface area contributed by atoms with E-state index >= 15 is 0 Å². The summed E-state index contributed by atoms with van der Waals surface area (Å²) in [6.45, 7) is 0. The molecule has 0 radical (unpaired) electrons. The van der Waals surface area contributed by atoms with E-state index in [-0.39, 0.29) is 0 Å². The molecule has 8 nitrogen and oxygen atoms in total. The van der Waals surface area contributed by atoms with Crippen LogP contribution in [0.3, 0.4) is 0 Å². The largest absolute Gasteiger partial charge is 0.348 e. The maximum absolute atomic E-state index is 4.89. The zero-order valence-electron chi connectivity index (χ0n) is 15.4. The predicted octanol–water partition coefficient (Wildman–Crippen LogP) is 3.05. The topological polar surface area (TPSA) is 87.6 Å². The number of fused-ring (bicyclic) bond motifs is 3. The van der Waals surface area contributed by atoms with Crippen LogP contribution >= 0.6 is 22.7 Å². The number of piperidine rings is 1. The van der Waals surface area contributed by atoms with Crippen molar-refractivity contribution in [2.45, 2.75) is 43.8 Å². The van der Waals surface area contributed by atoms with E-state index in [1.54, 1.807) is 35.2 Å². The number of nitrogens with zero attached hydrogens (tertiary/aromatic N) is 6. The van der Waals surface area contributed by atoms with E-state index in [2.05, 4.69) is 32.4 Å². The maximum atomic E-state index is 4.89. The number of aromatic nitrogens is 6. The first-order valence-corrected chi connectivity index (χ1v) is 11.2. The fourth-order valence-electron chi connectivity index (χ4n) is 4.35. The van der Waals surface area contributed by atoms with Gasteiger partial charge in [-0.15, -0.1) is 0 Å². The highest BCUT2D eigenvalue weighted by Crippen LogP contribution is 2.37. The third-order valence-electron chi connectivity index (χ3n) is 5.85. The number of H-pyrrole nitrogens is 1. The summed E-state index contributed by atoms with van der Waals surface area (Å²) in [4.78, 5) is 18.5. The minimum Gasteiger partial charge on any atom is -0.348 e. The molecule has 2 aliphatic heterocycles. The molecule has 6 heterocycles. The lowest BCUT2D eigenvalue weighted by atomic mass is 9.99. The van der Waals surface area contributed by atoms with Gasteiger partial charge in [0.05, 0.1) is 11.9 Å². The molecule has 6 rings (SSSR count). The average molecular weight is 413 g/mol. The molecule has 144 valence electrons. The Kier molecular flexibility index (Phi) is 3.78. The smallest absolute Gasteiger partial charge is 0.198 e. The molecule has 0 spiro atoms. The summed E-state index contributed by atoms with van der Waals surface area (Å²) in [6, 6.07) is 1.94. The van der Waals surface area contributed by atoms with Gasteiger partial charge in [0.25, 0.3) is 0 Å². The van der Waals surface area contributed by atoms with Crippen molar-refractivity contribution >= 4 is 37.5 Å². The molecule has 2 bridgehead atoms. The highest BCUT2D eigenvalue weighted by molar-refractivity contribution is 7.29. The fourth-order valence-corrected chi connectivity index (χ4v) is 6.36. The Morgan fingerprint density at radius 1 is 1.14 bits per heavy atom. The van der Waals surface area contributed by atoms with Crippen LogP contribution in [-0.2, 0) is 0 Å². The van der Waals surface area contributed by atoms with Gasteiger partial charge in [-0.2, -0.15) is 5.10 Å². The monoisotopic (exact) mass is 412 g/mol. The van der Waals surface area contributed by atoms with Crippen LogP contribution in [-0.4, -0.2) is 54.9 Å². The van der Waals surface area contributed by atoms with Gasteiger partial charge in [0.2, 0.25) is 0 Å². The minimum atomic E-state index is 0.574. The summed E-state index contributed by atoms with van der Waals surface area (Å²) in [5.74, 6) is 0. The molecule has 0 amide bonds. The Morgan fingerprint density at radius 2 is 1.96 bits per heavy atom. The molecule has 3 atom stereocenters. The lowest BCUT2D eigenvalue weighted by Gasteiger charge is -2.35. The summed E-state index contributed by atoms with van der Waals surface area (Å²) in [5.41, 5.74) is 1.84. The molecule has 1 unspecified atom stereocenters. The molecule has 0 saturated carbocycles. The SMILES string of the molecule is CN(c1nc2sc(-n3cnc(-c4cn[nH]c4)c3)nc2s1)C1C[C@H]2CC[C@@H](C1)N2. The van der Waals surface area contributed by atoms with E-state index in [0.717, 1.165) is 31.2 Å². The summed E-state index contributed by atoms with van der Waals surface area (Å²) < 4.78 is 1.95. The maximum Gasteiger partial charge on any atom is 0.198 e. The standard InChI is InChI=1S/C18H20N8S2/c1-25(13-4-11-2-3-12(5-13)22-11)17-23-15-16(27-17)24-18(28-15)26-8-14(19-9-26)10-6-20-21-7-10/h6-9,11-13,22H,2-5H2,1H3,(H,20,21)/t11-,12+,13?. The van der Waals surface area contributed by atoms with Crippen LogP contribution in [0.4, 0.5) is 5.13 Å². The summed E-state index contributed by atoms with van der Waals surface area (Å²) in [5, 5.41) is 12.5. The first kappa shape index (κ1) is 16.6. The van der Waals surface area contributed by atoms with Crippen LogP contribution in [0.1, 0.15) is 25.7 Å². The lowest BCUT2D eigenvalue weighted by Crippen LogP contribution is -2.47. The highest BCUT2D eigenvalue weighted by atomic mass is 32.1. The van der Waals surface area contributed by atoms with Gasteiger partial charge in [-0.1, -0.05) is 22.7 Å². The number of anilines is 1. The Morgan fingerprint density at radius 3 is 2.71 bits per heavy atom. The van der Waals surface area contributed by atoms with Gasteiger partial charge in [-0.05, 0) is 25.7 Å². The van der Waals surface area contributed by atoms with Gasteiger partial charge in [0.15, 0.2) is 19.9 Å². The minimum absolute atomic E-state index is 0.574. The number of imidazole rings is 1. The quantitative estimate of drug-likeness (QED) is 0.536. The van der Waals surface area contributed by atoms with Crippen LogP contribution < -0.4 is 10.2 Å². The van der Waals surface area contributed by atoms with Crippen molar-refractivity contribution in [3.05, 3.63) is 24.9 Å². The van der Waals surface area contributed by atoms with Crippen LogP contribution in [0.5, 0.6) is 0 Å². The third-order valence-corrected chi connectivity index (χ3v) is 7.98. The zero-order chi connectivity index (χ0) is 18.7. The van der Waals surface area contributed by atoms with Crippen LogP contribution in [0.2, 0.25) is 0 Å². The second-order valence-corrected chi connectivity index (χ2v) is 9.54. The Balaban J connectivity index is 1.25. The number of thiazole rings is 2. The van der Waals surface area contributed by atoms with Crippen molar-refractivity contribution in [3.63, 3.8) is 0 Å². The van der Waals surface area contributed by atoms with Gasteiger partial charge < -0.3 is 10.2 Å². The summed E-state index contributed by atoms with van der Waals surface area (Å²) >= 11 is 3.29. The Hall–Kier alpha value is -2.30. The molecule has 0 aliphatic carbocycles. The molecular formula is C18H20N8S2. The van der Waals surface area contributed by atoms with Gasteiger partial charge in [0, 0.05) is 43.1 Å². The van der Waals surface area contributed by atoms with Crippen LogP contribution in [0.25, 0.3) is 26.0 Å². The number of aromatic amines is 1. The molecule has 2 fully saturated rings. The molecule has 28 heavy (non-hydrogen) atoms. The van der Waals surface area contributed by atoms with Gasteiger partial charge in [-0.3, -0.25) is 9.67 Å². The van der Waals surface area contributed by atoms with Crippen molar-refractivity contribution in [3.8, 4) is 16.4 Å². The van der Waals surface area contributed by atoms with Gasteiger partial charge in [-0.25, -0.2) is 15.0 Å². The van der Waals surface area contributed by atoms with Crippen molar-refractivity contribution in [2.75, 3.05) is 11.9 Å². The van der Waals surface area contributed by atoms with Crippen molar-refractivity contribution in [2.24, 2.45) is 0 Å². The number of nitrogens with one attached hydrogen (secondary N) is 2. The highest BCUT2D eigenvalue weighted by Gasteiger charge is 2.36. The molecule has 4 aromatic heterocycles. The zero-order valence-corrected chi connectivity index (χ0v) is 17.0. The van der Waals surface area contributed by atoms with Gasteiger partial charge >= 0.3 is 0 Å². The molecule has 4 aromatic rings. The normalized spacial score (nSPS) is 24.2. The van der Waals surface area contributed by atoms with Crippen LogP contribution in [0, 0.1) is 0 Å². The number of hydrogen-bond donors (Lipinski definition) is 2. The second kappa shape index (κ2) is 6.36.